The van der Waals surface area contributed by atoms with Gasteiger partial charge in [0.2, 0.25) is 5.60 Å². The summed E-state index contributed by atoms with van der Waals surface area (Å²) in [4.78, 5) is 0. The molecule has 5 nitrogen and oxygen atoms in total. The minimum absolute atomic E-state index is 0.0835. The Bertz CT molecular complexity index is 467. The highest BCUT2D eigenvalue weighted by Gasteiger charge is 2.59. The van der Waals surface area contributed by atoms with Gasteiger partial charge in [0.25, 0.3) is 0 Å². The number of halogens is 3. The van der Waals surface area contributed by atoms with Gasteiger partial charge in [-0.25, -0.2) is 0 Å². The highest BCUT2D eigenvalue weighted by atomic mass is 19.4. The number of hydrogen-bond donors (Lipinski definition) is 3. The van der Waals surface area contributed by atoms with Crippen molar-refractivity contribution in [3.05, 3.63) is 23.5 Å². The zero-order valence-electron chi connectivity index (χ0n) is 10.5. The largest absolute Gasteiger partial charge is 0.489 e. The number of nitrogens with two attached hydrogens (primary N) is 1. The maximum absolute atomic E-state index is 13.1. The Morgan fingerprint density at radius 1 is 1.50 bits per heavy atom. The first-order chi connectivity index (χ1) is 9.24. The minimum Gasteiger partial charge on any atom is -0.489 e. The van der Waals surface area contributed by atoms with Gasteiger partial charge in [-0.05, 0) is 11.6 Å². The molecule has 1 unspecified atom stereocenters. The third-order valence-corrected chi connectivity index (χ3v) is 3.29. The van der Waals surface area contributed by atoms with Crippen molar-refractivity contribution in [2.75, 3.05) is 13.2 Å². The summed E-state index contributed by atoms with van der Waals surface area (Å²) in [5.74, 6) is -1.09. The Morgan fingerprint density at radius 2 is 2.20 bits per heavy atom. The lowest BCUT2D eigenvalue weighted by atomic mass is 9.86. The van der Waals surface area contributed by atoms with Crippen molar-refractivity contribution in [3.63, 3.8) is 0 Å². The van der Waals surface area contributed by atoms with E-state index in [1.165, 1.54) is 6.08 Å². The van der Waals surface area contributed by atoms with E-state index in [4.69, 9.17) is 20.6 Å². The van der Waals surface area contributed by atoms with Crippen LogP contribution in [0.3, 0.4) is 0 Å². The Balaban J connectivity index is 2.29. The monoisotopic (exact) mass is 292 g/mol. The molecule has 1 saturated heterocycles. The van der Waals surface area contributed by atoms with Gasteiger partial charge in [-0.2, -0.15) is 13.2 Å². The number of amidine groups is 1. The molecule has 0 amide bonds. The lowest BCUT2D eigenvalue weighted by molar-refractivity contribution is -0.258. The zero-order valence-corrected chi connectivity index (χ0v) is 10.5. The second-order valence-electron chi connectivity index (χ2n) is 4.77. The van der Waals surface area contributed by atoms with E-state index in [2.05, 4.69) is 0 Å². The van der Waals surface area contributed by atoms with Crippen molar-refractivity contribution < 1.29 is 27.8 Å². The topological polar surface area (TPSA) is 88.6 Å². The predicted molar refractivity (Wildman–Crippen MR) is 64.0 cm³/mol. The van der Waals surface area contributed by atoms with Gasteiger partial charge >= 0.3 is 6.18 Å². The van der Waals surface area contributed by atoms with E-state index in [0.29, 0.717) is 13.0 Å². The quantitative estimate of drug-likeness (QED) is 0.539. The van der Waals surface area contributed by atoms with E-state index < -0.39 is 35.9 Å². The maximum Gasteiger partial charge on any atom is 0.424 e. The summed E-state index contributed by atoms with van der Waals surface area (Å²) in [6.45, 7) is 0.603. The molecule has 1 fully saturated rings. The summed E-state index contributed by atoms with van der Waals surface area (Å²) in [6.07, 6.45) is -3.52. The Hall–Kier alpha value is -1.54. The van der Waals surface area contributed by atoms with Gasteiger partial charge in [0.05, 0.1) is 13.2 Å². The fourth-order valence-electron chi connectivity index (χ4n) is 2.08. The highest BCUT2D eigenvalue weighted by molar-refractivity contribution is 5.95. The average molecular weight is 292 g/mol. The molecule has 2 atom stereocenters. The van der Waals surface area contributed by atoms with Crippen LogP contribution in [0.5, 0.6) is 0 Å². The first-order valence-electron chi connectivity index (χ1n) is 6.03. The number of nitrogens with one attached hydrogen (secondary N) is 1. The van der Waals surface area contributed by atoms with Crippen molar-refractivity contribution in [2.45, 2.75) is 30.7 Å². The second-order valence-corrected chi connectivity index (χ2v) is 4.77. The van der Waals surface area contributed by atoms with Crippen molar-refractivity contribution in [1.29, 1.82) is 5.41 Å². The van der Waals surface area contributed by atoms with Gasteiger partial charge in [0.15, 0.2) is 0 Å². The van der Waals surface area contributed by atoms with Crippen LogP contribution in [0, 0.1) is 5.41 Å². The predicted octanol–water partition coefficient (Wildman–Crippen LogP) is 1.24. The molecule has 0 saturated carbocycles. The summed E-state index contributed by atoms with van der Waals surface area (Å²) < 4.78 is 49.7. The minimum atomic E-state index is -4.92. The van der Waals surface area contributed by atoms with Crippen LogP contribution < -0.4 is 5.73 Å². The molecular weight excluding hydrogens is 277 g/mol. The van der Waals surface area contributed by atoms with E-state index in [9.17, 15) is 18.3 Å². The van der Waals surface area contributed by atoms with Crippen LogP contribution in [0.4, 0.5) is 13.2 Å². The summed E-state index contributed by atoms with van der Waals surface area (Å²) in [5.41, 5.74) is 1.94. The standard InChI is InChI=1S/C12H15F3N2O3/c13-12(14,15)11(18)5-7(10(16)17)1-2-9(11)20-8-3-4-19-6-8/h1-2,8,18H,3-6H2,(H3,16,17)/t8?,11-/m0/s1. The van der Waals surface area contributed by atoms with E-state index >= 15 is 0 Å². The lowest BCUT2D eigenvalue weighted by Crippen LogP contribution is -2.50. The molecule has 0 aromatic carbocycles. The van der Waals surface area contributed by atoms with Crippen LogP contribution in [0.1, 0.15) is 12.8 Å². The van der Waals surface area contributed by atoms with Gasteiger partial charge in [0.1, 0.15) is 17.7 Å². The van der Waals surface area contributed by atoms with Gasteiger partial charge in [-0.15, -0.1) is 0 Å². The highest BCUT2D eigenvalue weighted by Crippen LogP contribution is 2.43. The number of allylic oxidation sites excluding steroid dienone is 2. The van der Waals surface area contributed by atoms with Crippen LogP contribution in [-0.2, 0) is 9.47 Å². The number of alkyl halides is 3. The molecule has 2 aliphatic rings. The molecule has 1 aliphatic carbocycles. The third-order valence-electron chi connectivity index (χ3n) is 3.29. The van der Waals surface area contributed by atoms with Crippen molar-refractivity contribution >= 4 is 5.84 Å². The lowest BCUT2D eigenvalue weighted by Gasteiger charge is -2.36. The third kappa shape index (κ3) is 2.66. The van der Waals surface area contributed by atoms with E-state index in [0.717, 1.165) is 6.08 Å². The molecular formula is C12H15F3N2O3. The number of rotatable bonds is 3. The summed E-state index contributed by atoms with van der Waals surface area (Å²) >= 11 is 0. The van der Waals surface area contributed by atoms with Crippen LogP contribution >= 0.6 is 0 Å². The fourth-order valence-corrected chi connectivity index (χ4v) is 2.08. The SMILES string of the molecule is N=C(N)C1=CC=C(OC2CCOC2)[C@](O)(C(F)(F)F)C1. The summed E-state index contributed by atoms with van der Waals surface area (Å²) in [6, 6.07) is 0. The molecule has 112 valence electrons. The first-order valence-corrected chi connectivity index (χ1v) is 6.03. The molecule has 0 aromatic heterocycles. The molecule has 20 heavy (non-hydrogen) atoms. The van der Waals surface area contributed by atoms with E-state index in [1.54, 1.807) is 0 Å². The molecule has 4 N–H and O–H groups in total. The maximum atomic E-state index is 13.1. The van der Waals surface area contributed by atoms with Gasteiger partial charge < -0.3 is 20.3 Å². The van der Waals surface area contributed by atoms with Crippen LogP contribution in [0.2, 0.25) is 0 Å². The summed E-state index contributed by atoms with van der Waals surface area (Å²) in [7, 11) is 0. The molecule has 8 heteroatoms. The molecule has 2 rings (SSSR count). The molecule has 0 aromatic rings. The first kappa shape index (κ1) is 14.9. The van der Waals surface area contributed by atoms with Crippen LogP contribution in [0.15, 0.2) is 23.5 Å². The van der Waals surface area contributed by atoms with Crippen molar-refractivity contribution in [2.24, 2.45) is 5.73 Å². The molecule has 0 radical (unpaired) electrons. The van der Waals surface area contributed by atoms with Gasteiger partial charge in [-0.3, -0.25) is 5.41 Å². The second kappa shape index (κ2) is 5.10. The van der Waals surface area contributed by atoms with Gasteiger partial charge in [0, 0.05) is 12.8 Å². The Morgan fingerprint density at radius 3 is 2.70 bits per heavy atom. The van der Waals surface area contributed by atoms with E-state index in [-0.39, 0.29) is 12.2 Å². The average Bonchev–Trinajstić information content (AvgIpc) is 2.83. The molecule has 1 heterocycles. The van der Waals surface area contributed by atoms with Crippen molar-refractivity contribution in [1.82, 2.24) is 0 Å². The number of aliphatic hydroxyl groups is 1. The molecule has 0 bridgehead atoms. The van der Waals surface area contributed by atoms with Gasteiger partial charge in [-0.1, -0.05) is 6.08 Å². The number of hydrogen-bond acceptors (Lipinski definition) is 4. The fraction of sp³-hybridized carbons (Fsp3) is 0.583. The Kier molecular flexibility index (Phi) is 3.79. The number of ether oxygens (including phenoxy) is 2. The summed E-state index contributed by atoms with van der Waals surface area (Å²) in [5, 5.41) is 17.2. The zero-order chi connectivity index (χ0) is 15.0. The smallest absolute Gasteiger partial charge is 0.424 e. The molecule has 0 spiro atoms. The molecule has 1 aliphatic heterocycles. The Labute approximate surface area is 113 Å². The van der Waals surface area contributed by atoms with E-state index in [1.807, 2.05) is 0 Å². The van der Waals surface area contributed by atoms with Crippen LogP contribution in [-0.4, -0.2) is 42.0 Å². The normalized spacial score (nSPS) is 30.7. The van der Waals surface area contributed by atoms with Crippen molar-refractivity contribution in [3.8, 4) is 0 Å². The van der Waals surface area contributed by atoms with Crippen LogP contribution in [0.25, 0.3) is 0 Å².